The number of phenols is 1. The van der Waals surface area contributed by atoms with Crippen molar-refractivity contribution in [1.29, 1.82) is 0 Å². The second kappa shape index (κ2) is 9.48. The van der Waals surface area contributed by atoms with Crippen molar-refractivity contribution < 1.29 is 9.84 Å². The van der Waals surface area contributed by atoms with E-state index in [0.717, 1.165) is 55.7 Å². The minimum atomic E-state index is -0.782. The number of fused-ring (bicyclic) bond motifs is 4. The van der Waals surface area contributed by atoms with Crippen LogP contribution in [-0.4, -0.2) is 17.2 Å². The summed E-state index contributed by atoms with van der Waals surface area (Å²) in [7, 11) is 1.67. The first-order valence-corrected chi connectivity index (χ1v) is 13.9. The van der Waals surface area contributed by atoms with Gasteiger partial charge in [0.2, 0.25) is 0 Å². The summed E-state index contributed by atoms with van der Waals surface area (Å²) in [6.45, 7) is 0. The lowest BCUT2D eigenvalue weighted by molar-refractivity contribution is 0.414. The molecule has 0 amide bonds. The molecule has 2 N–H and O–H groups in total. The smallest absolute Gasteiger partial charge is 0.118 e. The van der Waals surface area contributed by atoms with Crippen molar-refractivity contribution >= 4 is 34.1 Å². The van der Waals surface area contributed by atoms with E-state index in [-0.39, 0.29) is 11.7 Å². The number of H-pyrrole nitrogens is 1. The van der Waals surface area contributed by atoms with Crippen LogP contribution in [0.3, 0.4) is 0 Å². The van der Waals surface area contributed by atoms with Gasteiger partial charge in [0.25, 0.3) is 0 Å². The number of aromatic nitrogens is 1. The highest BCUT2D eigenvalue weighted by Gasteiger charge is 2.49. The van der Waals surface area contributed by atoms with Gasteiger partial charge >= 0.3 is 0 Å². The van der Waals surface area contributed by atoms with E-state index in [9.17, 15) is 5.11 Å². The Hall–Kier alpha value is -4.18. The normalized spacial score (nSPS) is 15.4. The van der Waals surface area contributed by atoms with Gasteiger partial charge in [-0.2, -0.15) is 0 Å². The van der Waals surface area contributed by atoms with E-state index in [2.05, 4.69) is 47.4 Å². The molecule has 1 aliphatic rings. The van der Waals surface area contributed by atoms with Crippen LogP contribution in [0.1, 0.15) is 45.0 Å². The van der Waals surface area contributed by atoms with E-state index in [1.807, 2.05) is 66.7 Å². The summed E-state index contributed by atoms with van der Waals surface area (Å²) in [6.07, 6.45) is 0. The number of nitrogens with one attached hydrogen (secondary N) is 1. The van der Waals surface area contributed by atoms with Crippen molar-refractivity contribution in [2.24, 2.45) is 0 Å². The van der Waals surface area contributed by atoms with Crippen molar-refractivity contribution in [3.8, 4) is 11.5 Å². The molecule has 5 aromatic carbocycles. The lowest BCUT2D eigenvalue weighted by Crippen LogP contribution is -2.37. The predicted octanol–water partition coefficient (Wildman–Crippen LogP) is 9.07. The van der Waals surface area contributed by atoms with E-state index < -0.39 is 5.41 Å². The number of phenolic OH excluding ortho intramolecular Hbond substituents is 1. The Morgan fingerprint density at radius 3 is 2.08 bits per heavy atom. The molecule has 0 bridgehead atoms. The number of aromatic hydroxyl groups is 1. The standard InChI is InChI=1S/C35H25Cl2NO2/c1-40-27-15-12-21(13-16-27)32-29-20-26(39)14-17-30(29)35(22-6-4-8-24(36)18-22,23-7-5-9-25(37)19-23)34-33(32)28-10-2-3-11-31(28)38-34/h2-20,32,38-39H,1H3. The maximum atomic E-state index is 10.9. The molecule has 7 rings (SSSR count). The highest BCUT2D eigenvalue weighted by atomic mass is 35.5. The van der Waals surface area contributed by atoms with E-state index in [4.69, 9.17) is 27.9 Å². The minimum absolute atomic E-state index is 0.148. The van der Waals surface area contributed by atoms with Crippen LogP contribution in [-0.2, 0) is 5.41 Å². The molecule has 0 spiro atoms. The van der Waals surface area contributed by atoms with E-state index in [0.29, 0.717) is 10.0 Å². The first-order valence-electron chi connectivity index (χ1n) is 13.1. The monoisotopic (exact) mass is 561 g/mol. The van der Waals surface area contributed by atoms with Crippen LogP contribution < -0.4 is 4.74 Å². The summed E-state index contributed by atoms with van der Waals surface area (Å²) in [5.41, 5.74) is 7.65. The lowest BCUT2D eigenvalue weighted by atomic mass is 9.58. The molecule has 196 valence electrons. The van der Waals surface area contributed by atoms with Gasteiger partial charge in [-0.25, -0.2) is 0 Å². The van der Waals surface area contributed by atoms with E-state index in [1.165, 1.54) is 0 Å². The summed E-state index contributed by atoms with van der Waals surface area (Å²) in [6, 6.07) is 38.3. The number of benzene rings is 5. The summed E-state index contributed by atoms with van der Waals surface area (Å²) < 4.78 is 5.47. The van der Waals surface area contributed by atoms with Gasteiger partial charge in [0.05, 0.1) is 12.5 Å². The number of halogens is 2. The fourth-order valence-corrected chi connectivity index (χ4v) is 6.91. The molecule has 0 radical (unpaired) electrons. The average Bonchev–Trinajstić information content (AvgIpc) is 3.35. The quantitative estimate of drug-likeness (QED) is 0.225. The van der Waals surface area contributed by atoms with E-state index in [1.54, 1.807) is 13.2 Å². The fourth-order valence-electron chi connectivity index (χ4n) is 6.53. The molecule has 1 aliphatic carbocycles. The maximum Gasteiger partial charge on any atom is 0.118 e. The van der Waals surface area contributed by atoms with Gasteiger partial charge in [-0.3, -0.25) is 0 Å². The zero-order valence-electron chi connectivity index (χ0n) is 21.7. The van der Waals surface area contributed by atoms with Gasteiger partial charge in [-0.1, -0.05) is 83.9 Å². The highest BCUT2D eigenvalue weighted by molar-refractivity contribution is 6.31. The van der Waals surface area contributed by atoms with Gasteiger partial charge in [-0.15, -0.1) is 0 Å². The molecule has 1 unspecified atom stereocenters. The SMILES string of the molecule is COc1ccc(C2c3cc(O)ccc3C(c3cccc(Cl)c3)(c3cccc(Cl)c3)c3[nH]c4ccccc4c32)cc1. The number of para-hydroxylation sites is 1. The Bertz CT molecular complexity index is 1850. The van der Waals surface area contributed by atoms with Crippen molar-refractivity contribution in [2.75, 3.05) is 7.11 Å². The summed E-state index contributed by atoms with van der Waals surface area (Å²) >= 11 is 13.3. The summed E-state index contributed by atoms with van der Waals surface area (Å²) in [5.74, 6) is 0.860. The Balaban J connectivity index is 1.69. The van der Waals surface area contributed by atoms with Crippen LogP contribution >= 0.6 is 23.2 Å². The maximum absolute atomic E-state index is 10.9. The molecule has 1 heterocycles. The highest BCUT2D eigenvalue weighted by Crippen LogP contribution is 2.57. The molecule has 1 aromatic heterocycles. The van der Waals surface area contributed by atoms with Gasteiger partial charge < -0.3 is 14.8 Å². The van der Waals surface area contributed by atoms with Gasteiger partial charge in [0, 0.05) is 32.6 Å². The predicted molar refractivity (Wildman–Crippen MR) is 162 cm³/mol. The second-order valence-electron chi connectivity index (χ2n) is 10.2. The number of rotatable bonds is 4. The Kier molecular flexibility index (Phi) is 5.88. The second-order valence-corrected chi connectivity index (χ2v) is 11.1. The molecule has 0 saturated heterocycles. The lowest BCUT2D eigenvalue weighted by Gasteiger charge is -2.43. The summed E-state index contributed by atoms with van der Waals surface area (Å²) in [5, 5.41) is 13.3. The number of hydrogen-bond donors (Lipinski definition) is 2. The average molecular weight is 562 g/mol. The van der Waals surface area contributed by atoms with Crippen LogP contribution in [0.15, 0.2) is 115 Å². The third kappa shape index (κ3) is 3.66. The Morgan fingerprint density at radius 2 is 1.43 bits per heavy atom. The first-order chi connectivity index (χ1) is 19.5. The van der Waals surface area contributed by atoms with Crippen LogP contribution in [0, 0.1) is 0 Å². The molecule has 6 aromatic rings. The zero-order chi connectivity index (χ0) is 27.4. The van der Waals surface area contributed by atoms with Gasteiger partial charge in [0.15, 0.2) is 0 Å². The van der Waals surface area contributed by atoms with E-state index >= 15 is 0 Å². The van der Waals surface area contributed by atoms with Crippen LogP contribution in [0.5, 0.6) is 11.5 Å². The first kappa shape index (κ1) is 24.8. The van der Waals surface area contributed by atoms with Crippen LogP contribution in [0.25, 0.3) is 10.9 Å². The van der Waals surface area contributed by atoms with Crippen molar-refractivity contribution in [3.05, 3.63) is 164 Å². The van der Waals surface area contributed by atoms with Crippen LogP contribution in [0.2, 0.25) is 10.0 Å². The number of hydrogen-bond acceptors (Lipinski definition) is 2. The molecule has 3 nitrogen and oxygen atoms in total. The largest absolute Gasteiger partial charge is 0.508 e. The molecule has 5 heteroatoms. The topological polar surface area (TPSA) is 45.2 Å². The molecule has 40 heavy (non-hydrogen) atoms. The van der Waals surface area contributed by atoms with Crippen molar-refractivity contribution in [3.63, 3.8) is 0 Å². The number of aromatic amines is 1. The zero-order valence-corrected chi connectivity index (χ0v) is 23.2. The van der Waals surface area contributed by atoms with Crippen molar-refractivity contribution in [1.82, 2.24) is 4.98 Å². The molecule has 0 aliphatic heterocycles. The third-order valence-corrected chi connectivity index (χ3v) is 8.59. The van der Waals surface area contributed by atoms with Gasteiger partial charge in [-0.05, 0) is 88.0 Å². The summed E-state index contributed by atoms with van der Waals surface area (Å²) in [4.78, 5) is 3.85. The molecular weight excluding hydrogens is 537 g/mol. The Morgan fingerprint density at radius 1 is 0.750 bits per heavy atom. The van der Waals surface area contributed by atoms with Crippen molar-refractivity contribution in [2.45, 2.75) is 11.3 Å². The Labute approximate surface area is 242 Å². The van der Waals surface area contributed by atoms with Gasteiger partial charge in [0.1, 0.15) is 11.5 Å². The van der Waals surface area contributed by atoms with Crippen LogP contribution in [0.4, 0.5) is 0 Å². The molecule has 0 fully saturated rings. The third-order valence-electron chi connectivity index (χ3n) is 8.12. The fraction of sp³-hybridized carbons (Fsp3) is 0.0857. The molecule has 0 saturated carbocycles. The molecule has 1 atom stereocenters. The number of methoxy groups -OCH3 is 1. The molecular formula is C35H25Cl2NO2. The number of ether oxygens (including phenoxy) is 1. The minimum Gasteiger partial charge on any atom is -0.508 e.